The van der Waals surface area contributed by atoms with Gasteiger partial charge in [0.25, 0.3) is 0 Å². The van der Waals surface area contributed by atoms with Gasteiger partial charge in [0.15, 0.2) is 0 Å². The van der Waals surface area contributed by atoms with E-state index in [0.29, 0.717) is 0 Å². The zero-order valence-corrected chi connectivity index (χ0v) is 15.8. The molecule has 2 saturated heterocycles. The van der Waals surface area contributed by atoms with E-state index in [1.807, 2.05) is 31.6 Å². The Morgan fingerprint density at radius 2 is 1.65 bits per heavy atom. The van der Waals surface area contributed by atoms with Crippen LogP contribution in [-0.2, 0) is 6.42 Å². The van der Waals surface area contributed by atoms with Crippen molar-refractivity contribution in [2.75, 3.05) is 36.0 Å². The topological polar surface area (TPSA) is 58.0 Å². The quantitative estimate of drug-likeness (QED) is 0.843. The molecule has 26 heavy (non-hydrogen) atoms. The molecule has 1 atom stereocenters. The molecule has 2 aliphatic heterocycles. The predicted molar refractivity (Wildman–Crippen MR) is 103 cm³/mol. The Bertz CT molecular complexity index is 726. The monoisotopic (exact) mass is 352 g/mol. The predicted octanol–water partition coefficient (Wildman–Crippen LogP) is 2.88. The summed E-state index contributed by atoms with van der Waals surface area (Å²) in [7, 11) is 0. The standard InChI is InChI=1S/C20H28N6/c1-3-16-13-23-15(2)24-19(16)26-12-7-18(14-26)17-5-10-25(11-6-17)20-21-8-4-9-22-20/h4,8-9,13,17-18H,3,5-7,10-12,14H2,1-2H3/t18-/m1/s1. The number of rotatable bonds is 4. The highest BCUT2D eigenvalue weighted by atomic mass is 15.3. The molecule has 2 aromatic heterocycles. The number of anilines is 2. The highest BCUT2D eigenvalue weighted by Gasteiger charge is 2.33. The molecule has 6 heteroatoms. The smallest absolute Gasteiger partial charge is 0.225 e. The van der Waals surface area contributed by atoms with Crippen LogP contribution in [0.15, 0.2) is 24.7 Å². The van der Waals surface area contributed by atoms with Gasteiger partial charge in [0.2, 0.25) is 5.95 Å². The van der Waals surface area contributed by atoms with Crippen LogP contribution in [0, 0.1) is 18.8 Å². The van der Waals surface area contributed by atoms with Gasteiger partial charge in [-0.1, -0.05) is 6.92 Å². The molecule has 0 saturated carbocycles. The number of hydrogen-bond acceptors (Lipinski definition) is 6. The molecule has 0 aromatic carbocycles. The molecule has 6 nitrogen and oxygen atoms in total. The van der Waals surface area contributed by atoms with Crippen molar-refractivity contribution in [1.82, 2.24) is 19.9 Å². The summed E-state index contributed by atoms with van der Waals surface area (Å²) in [5, 5.41) is 0. The van der Waals surface area contributed by atoms with Gasteiger partial charge in [-0.2, -0.15) is 0 Å². The molecule has 138 valence electrons. The van der Waals surface area contributed by atoms with E-state index in [1.165, 1.54) is 24.8 Å². The van der Waals surface area contributed by atoms with Crippen LogP contribution in [0.25, 0.3) is 0 Å². The molecule has 2 aliphatic rings. The Kier molecular flexibility index (Phi) is 5.00. The van der Waals surface area contributed by atoms with Crippen LogP contribution >= 0.6 is 0 Å². The lowest BCUT2D eigenvalue weighted by Gasteiger charge is -2.34. The number of aromatic nitrogens is 4. The number of hydrogen-bond donors (Lipinski definition) is 0. The number of piperidine rings is 1. The summed E-state index contributed by atoms with van der Waals surface area (Å²) in [5.74, 6) is 4.49. The van der Waals surface area contributed by atoms with Crippen LogP contribution in [0.1, 0.15) is 37.6 Å². The molecule has 4 rings (SSSR count). The molecule has 0 spiro atoms. The Balaban J connectivity index is 1.37. The highest BCUT2D eigenvalue weighted by molar-refractivity contribution is 5.47. The van der Waals surface area contributed by atoms with E-state index in [0.717, 1.165) is 62.0 Å². The largest absolute Gasteiger partial charge is 0.356 e. The summed E-state index contributed by atoms with van der Waals surface area (Å²) in [6.45, 7) is 8.56. The van der Waals surface area contributed by atoms with Gasteiger partial charge in [0.1, 0.15) is 11.6 Å². The van der Waals surface area contributed by atoms with Gasteiger partial charge in [-0.05, 0) is 50.5 Å². The Hall–Kier alpha value is -2.24. The van der Waals surface area contributed by atoms with Crippen LogP contribution in [-0.4, -0.2) is 46.1 Å². The average Bonchev–Trinajstić information content (AvgIpc) is 3.19. The lowest BCUT2D eigenvalue weighted by atomic mass is 9.84. The van der Waals surface area contributed by atoms with E-state index in [1.54, 1.807) is 0 Å². The minimum atomic E-state index is 0.772. The third kappa shape index (κ3) is 3.50. The molecule has 0 bridgehead atoms. The van der Waals surface area contributed by atoms with E-state index in [2.05, 4.69) is 31.7 Å². The summed E-state index contributed by atoms with van der Waals surface area (Å²) in [6, 6.07) is 1.88. The normalized spacial score (nSPS) is 21.4. The molecule has 0 aliphatic carbocycles. The van der Waals surface area contributed by atoms with E-state index >= 15 is 0 Å². The summed E-state index contributed by atoms with van der Waals surface area (Å²) >= 11 is 0. The van der Waals surface area contributed by atoms with Crippen LogP contribution in [0.4, 0.5) is 11.8 Å². The van der Waals surface area contributed by atoms with E-state index in [9.17, 15) is 0 Å². The van der Waals surface area contributed by atoms with Gasteiger partial charge in [-0.25, -0.2) is 19.9 Å². The van der Waals surface area contributed by atoms with Crippen LogP contribution in [0.2, 0.25) is 0 Å². The van der Waals surface area contributed by atoms with Crippen molar-refractivity contribution in [1.29, 1.82) is 0 Å². The third-order valence-corrected chi connectivity index (χ3v) is 5.91. The summed E-state index contributed by atoms with van der Waals surface area (Å²) in [6.07, 6.45) is 10.4. The van der Waals surface area contributed by atoms with Gasteiger partial charge in [0.05, 0.1) is 0 Å². The van der Waals surface area contributed by atoms with Crippen molar-refractivity contribution >= 4 is 11.8 Å². The maximum absolute atomic E-state index is 4.75. The Labute approximate surface area is 155 Å². The fourth-order valence-corrected chi connectivity index (χ4v) is 4.40. The molecule has 2 fully saturated rings. The van der Waals surface area contributed by atoms with Gasteiger partial charge in [0, 0.05) is 50.3 Å². The maximum Gasteiger partial charge on any atom is 0.225 e. The summed E-state index contributed by atoms with van der Waals surface area (Å²) < 4.78 is 0. The molecule has 0 N–H and O–H groups in total. The van der Waals surface area contributed by atoms with Crippen LogP contribution < -0.4 is 9.80 Å². The van der Waals surface area contributed by atoms with Gasteiger partial charge >= 0.3 is 0 Å². The van der Waals surface area contributed by atoms with Crippen LogP contribution in [0.3, 0.4) is 0 Å². The second kappa shape index (κ2) is 7.56. The lowest BCUT2D eigenvalue weighted by molar-refractivity contribution is 0.292. The van der Waals surface area contributed by atoms with Crippen molar-refractivity contribution in [2.45, 2.75) is 39.5 Å². The fourth-order valence-electron chi connectivity index (χ4n) is 4.40. The minimum absolute atomic E-state index is 0.772. The summed E-state index contributed by atoms with van der Waals surface area (Å²) in [5.41, 5.74) is 1.27. The molecule has 0 radical (unpaired) electrons. The van der Waals surface area contributed by atoms with Gasteiger partial charge < -0.3 is 9.80 Å². The molecule has 4 heterocycles. The number of nitrogens with zero attached hydrogens (tertiary/aromatic N) is 6. The number of aryl methyl sites for hydroxylation is 2. The highest BCUT2D eigenvalue weighted by Crippen LogP contribution is 2.34. The first-order chi connectivity index (χ1) is 12.7. The maximum atomic E-state index is 4.75. The van der Waals surface area contributed by atoms with Crippen molar-refractivity contribution in [2.24, 2.45) is 11.8 Å². The fraction of sp³-hybridized carbons (Fsp3) is 0.600. The summed E-state index contributed by atoms with van der Waals surface area (Å²) in [4.78, 5) is 22.7. The Morgan fingerprint density at radius 3 is 2.38 bits per heavy atom. The SMILES string of the molecule is CCc1cnc(C)nc1N1CC[C@@H](C2CCN(c3ncccn3)CC2)C1. The first kappa shape index (κ1) is 17.2. The second-order valence-corrected chi connectivity index (χ2v) is 7.49. The molecule has 2 aromatic rings. The van der Waals surface area contributed by atoms with Crippen molar-refractivity contribution in [3.8, 4) is 0 Å². The van der Waals surface area contributed by atoms with E-state index < -0.39 is 0 Å². The minimum Gasteiger partial charge on any atom is -0.356 e. The van der Waals surface area contributed by atoms with Crippen molar-refractivity contribution < 1.29 is 0 Å². The van der Waals surface area contributed by atoms with E-state index in [-0.39, 0.29) is 0 Å². The first-order valence-electron chi connectivity index (χ1n) is 9.84. The average molecular weight is 352 g/mol. The zero-order chi connectivity index (χ0) is 17.9. The first-order valence-corrected chi connectivity index (χ1v) is 9.84. The van der Waals surface area contributed by atoms with Gasteiger partial charge in [-0.3, -0.25) is 0 Å². The lowest BCUT2D eigenvalue weighted by Crippen LogP contribution is -2.37. The van der Waals surface area contributed by atoms with E-state index in [4.69, 9.17) is 4.98 Å². The molecule has 0 unspecified atom stereocenters. The molecule has 0 amide bonds. The third-order valence-electron chi connectivity index (χ3n) is 5.91. The second-order valence-electron chi connectivity index (χ2n) is 7.49. The zero-order valence-electron chi connectivity index (χ0n) is 15.8. The molecular formula is C20H28N6. The Morgan fingerprint density at radius 1 is 0.962 bits per heavy atom. The molecular weight excluding hydrogens is 324 g/mol. The van der Waals surface area contributed by atoms with Gasteiger partial charge in [-0.15, -0.1) is 0 Å². The van der Waals surface area contributed by atoms with Crippen molar-refractivity contribution in [3.63, 3.8) is 0 Å². The van der Waals surface area contributed by atoms with Crippen molar-refractivity contribution in [3.05, 3.63) is 36.0 Å². The van der Waals surface area contributed by atoms with Crippen LogP contribution in [0.5, 0.6) is 0 Å².